The summed E-state index contributed by atoms with van der Waals surface area (Å²) in [5.74, 6) is 0.722. The maximum absolute atomic E-state index is 6.27. The average Bonchev–Trinajstić information content (AvgIpc) is 2.71. The molecule has 1 heterocycles. The number of nitrogens with one attached hydrogen (secondary N) is 1. The van der Waals surface area contributed by atoms with Crippen molar-refractivity contribution in [3.05, 3.63) is 28.8 Å². The van der Waals surface area contributed by atoms with Crippen LogP contribution in [0.4, 0.5) is 5.69 Å². The van der Waals surface area contributed by atoms with Gasteiger partial charge in [-0.15, -0.1) is 0 Å². The summed E-state index contributed by atoms with van der Waals surface area (Å²) >= 11 is 8.09. The highest BCUT2D eigenvalue weighted by molar-refractivity contribution is 8.15. The number of halogens is 1. The first kappa shape index (κ1) is 13.8. The Balaban J connectivity index is 1.97. The number of aliphatic imine (C=N–C) groups is 1. The number of aryl methyl sites for hydroxylation is 1. The van der Waals surface area contributed by atoms with Crippen LogP contribution in [0.3, 0.4) is 0 Å². The van der Waals surface area contributed by atoms with E-state index in [2.05, 4.69) is 24.2 Å². The summed E-state index contributed by atoms with van der Waals surface area (Å²) in [7, 11) is 0. The largest absolute Gasteiger partial charge is 0.334 e. The maximum Gasteiger partial charge on any atom is 0.161 e. The highest BCUT2D eigenvalue weighted by Gasteiger charge is 2.21. The maximum atomic E-state index is 6.27. The predicted molar refractivity (Wildman–Crippen MR) is 82.9 cm³/mol. The van der Waals surface area contributed by atoms with Crippen LogP contribution >= 0.6 is 23.4 Å². The Morgan fingerprint density at radius 3 is 3.00 bits per heavy atom. The molecule has 0 aromatic heterocycles. The van der Waals surface area contributed by atoms with Crippen LogP contribution in [0.5, 0.6) is 0 Å². The molecular formula is C14H19ClN2S. The third kappa shape index (κ3) is 3.42. The van der Waals surface area contributed by atoms with E-state index in [9.17, 15) is 0 Å². The number of amidine groups is 1. The van der Waals surface area contributed by atoms with Crippen molar-refractivity contribution in [3.63, 3.8) is 0 Å². The van der Waals surface area contributed by atoms with Gasteiger partial charge in [0.25, 0.3) is 0 Å². The SMILES string of the molecule is Cc1cccc(NC2=NCC(CC(C)C)S2)c1Cl. The van der Waals surface area contributed by atoms with Gasteiger partial charge in [0.05, 0.1) is 17.3 Å². The molecule has 1 aromatic rings. The standard InChI is InChI=1S/C14H19ClN2S/c1-9(2)7-11-8-16-14(18-11)17-12-6-4-5-10(3)13(12)15/h4-6,9,11H,7-8H2,1-3H3,(H,16,17). The zero-order valence-electron chi connectivity index (χ0n) is 11.0. The van der Waals surface area contributed by atoms with Crippen molar-refractivity contribution in [3.8, 4) is 0 Å². The zero-order valence-corrected chi connectivity index (χ0v) is 12.6. The molecule has 0 fully saturated rings. The van der Waals surface area contributed by atoms with Crippen LogP contribution < -0.4 is 5.32 Å². The zero-order chi connectivity index (χ0) is 13.1. The molecule has 0 saturated carbocycles. The Hall–Kier alpha value is -0.670. The summed E-state index contributed by atoms with van der Waals surface area (Å²) in [6, 6.07) is 6.02. The van der Waals surface area contributed by atoms with E-state index in [4.69, 9.17) is 11.6 Å². The molecule has 0 amide bonds. The lowest BCUT2D eigenvalue weighted by molar-refractivity contribution is 0.575. The highest BCUT2D eigenvalue weighted by atomic mass is 35.5. The summed E-state index contributed by atoms with van der Waals surface area (Å²) in [4.78, 5) is 4.55. The van der Waals surface area contributed by atoms with Crippen molar-refractivity contribution in [2.75, 3.05) is 11.9 Å². The van der Waals surface area contributed by atoms with E-state index in [0.717, 1.165) is 33.9 Å². The second-order valence-corrected chi connectivity index (χ2v) is 6.74. The van der Waals surface area contributed by atoms with Gasteiger partial charge in [0.1, 0.15) is 0 Å². The Morgan fingerprint density at radius 1 is 1.50 bits per heavy atom. The van der Waals surface area contributed by atoms with Gasteiger partial charge in [0, 0.05) is 5.25 Å². The monoisotopic (exact) mass is 282 g/mol. The molecule has 1 N–H and O–H groups in total. The summed E-state index contributed by atoms with van der Waals surface area (Å²) in [5, 5.41) is 5.72. The summed E-state index contributed by atoms with van der Waals surface area (Å²) < 4.78 is 0. The third-order valence-electron chi connectivity index (χ3n) is 2.88. The molecule has 18 heavy (non-hydrogen) atoms. The number of hydrogen-bond acceptors (Lipinski definition) is 3. The number of nitrogens with zero attached hydrogens (tertiary/aromatic N) is 1. The first-order valence-corrected chi connectivity index (χ1v) is 7.55. The van der Waals surface area contributed by atoms with Gasteiger partial charge in [0.2, 0.25) is 0 Å². The lowest BCUT2D eigenvalue weighted by atomic mass is 10.1. The van der Waals surface area contributed by atoms with Crippen LogP contribution in [0.25, 0.3) is 0 Å². The van der Waals surface area contributed by atoms with Crippen molar-refractivity contribution in [2.24, 2.45) is 10.9 Å². The second kappa shape index (κ2) is 5.98. The lowest BCUT2D eigenvalue weighted by Crippen LogP contribution is -2.10. The van der Waals surface area contributed by atoms with E-state index >= 15 is 0 Å². The van der Waals surface area contributed by atoms with E-state index in [0.29, 0.717) is 5.25 Å². The van der Waals surface area contributed by atoms with Gasteiger partial charge in [0.15, 0.2) is 5.17 Å². The fourth-order valence-corrected chi connectivity index (χ4v) is 3.43. The third-order valence-corrected chi connectivity index (χ3v) is 4.52. The molecule has 1 unspecified atom stereocenters. The second-order valence-electron chi connectivity index (χ2n) is 5.08. The summed E-state index contributed by atoms with van der Waals surface area (Å²) in [6.45, 7) is 7.43. The molecule has 0 aliphatic carbocycles. The molecule has 1 aliphatic rings. The minimum Gasteiger partial charge on any atom is -0.334 e. The van der Waals surface area contributed by atoms with Gasteiger partial charge in [-0.25, -0.2) is 0 Å². The van der Waals surface area contributed by atoms with Crippen LogP contribution in [-0.4, -0.2) is 17.0 Å². The smallest absolute Gasteiger partial charge is 0.161 e. The van der Waals surface area contributed by atoms with Gasteiger partial charge < -0.3 is 5.32 Å². The van der Waals surface area contributed by atoms with Crippen molar-refractivity contribution in [1.29, 1.82) is 0 Å². The Morgan fingerprint density at radius 2 is 2.28 bits per heavy atom. The predicted octanol–water partition coefficient (Wildman–Crippen LogP) is 4.58. The molecule has 4 heteroatoms. The fraction of sp³-hybridized carbons (Fsp3) is 0.500. The minimum atomic E-state index is 0.607. The molecule has 1 aromatic carbocycles. The molecule has 1 atom stereocenters. The summed E-state index contributed by atoms with van der Waals surface area (Å²) in [5.41, 5.74) is 2.04. The molecule has 0 saturated heterocycles. The number of thioether (sulfide) groups is 1. The van der Waals surface area contributed by atoms with Crippen LogP contribution in [0.1, 0.15) is 25.8 Å². The van der Waals surface area contributed by atoms with Crippen molar-refractivity contribution in [1.82, 2.24) is 0 Å². The van der Waals surface area contributed by atoms with E-state index in [1.165, 1.54) is 6.42 Å². The Bertz CT molecular complexity index is 457. The summed E-state index contributed by atoms with van der Waals surface area (Å²) in [6.07, 6.45) is 1.21. The molecule has 0 spiro atoms. The van der Waals surface area contributed by atoms with Crippen LogP contribution in [0.15, 0.2) is 23.2 Å². The number of rotatable bonds is 3. The number of benzene rings is 1. The van der Waals surface area contributed by atoms with Gasteiger partial charge in [-0.3, -0.25) is 4.99 Å². The topological polar surface area (TPSA) is 24.4 Å². The van der Waals surface area contributed by atoms with E-state index in [1.54, 1.807) is 0 Å². The Labute approximate surface area is 118 Å². The molecular weight excluding hydrogens is 264 g/mol. The fourth-order valence-electron chi connectivity index (χ4n) is 1.99. The molecule has 1 aliphatic heterocycles. The molecule has 98 valence electrons. The minimum absolute atomic E-state index is 0.607. The first-order valence-electron chi connectivity index (χ1n) is 6.29. The Kier molecular flexibility index (Phi) is 4.57. The molecule has 2 rings (SSSR count). The van der Waals surface area contributed by atoms with Crippen LogP contribution in [0.2, 0.25) is 5.02 Å². The van der Waals surface area contributed by atoms with E-state index in [1.807, 2.05) is 36.9 Å². The van der Waals surface area contributed by atoms with Gasteiger partial charge in [-0.1, -0.05) is 49.3 Å². The van der Waals surface area contributed by atoms with E-state index in [-0.39, 0.29) is 0 Å². The first-order chi connectivity index (χ1) is 8.56. The molecule has 0 radical (unpaired) electrons. The lowest BCUT2D eigenvalue weighted by Gasteiger charge is -2.12. The number of anilines is 1. The van der Waals surface area contributed by atoms with Crippen molar-refractivity contribution in [2.45, 2.75) is 32.4 Å². The van der Waals surface area contributed by atoms with Gasteiger partial charge in [-0.2, -0.15) is 0 Å². The van der Waals surface area contributed by atoms with Gasteiger partial charge in [-0.05, 0) is 30.9 Å². The average molecular weight is 283 g/mol. The number of hydrogen-bond donors (Lipinski definition) is 1. The van der Waals surface area contributed by atoms with Crippen LogP contribution in [-0.2, 0) is 0 Å². The van der Waals surface area contributed by atoms with Crippen molar-refractivity contribution >= 4 is 34.2 Å². The molecule has 0 bridgehead atoms. The van der Waals surface area contributed by atoms with Crippen molar-refractivity contribution < 1.29 is 0 Å². The van der Waals surface area contributed by atoms with Gasteiger partial charge >= 0.3 is 0 Å². The normalized spacial score (nSPS) is 19.2. The highest BCUT2D eigenvalue weighted by Crippen LogP contribution is 2.30. The quantitative estimate of drug-likeness (QED) is 0.878. The van der Waals surface area contributed by atoms with Crippen LogP contribution in [0, 0.1) is 12.8 Å². The molecule has 2 nitrogen and oxygen atoms in total. The van der Waals surface area contributed by atoms with E-state index < -0.39 is 0 Å².